The second kappa shape index (κ2) is 8.72. The van der Waals surface area contributed by atoms with Gasteiger partial charge in [-0.25, -0.2) is 0 Å². The van der Waals surface area contributed by atoms with E-state index in [1.807, 2.05) is 45.0 Å². The molecule has 1 aromatic rings. The molecule has 0 N–H and O–H groups in total. The van der Waals surface area contributed by atoms with Crippen molar-refractivity contribution in [1.82, 2.24) is 0 Å². The van der Waals surface area contributed by atoms with Crippen LogP contribution in [0.4, 0.5) is 0 Å². The smallest absolute Gasteiger partial charge is 0.306 e. The van der Waals surface area contributed by atoms with Gasteiger partial charge >= 0.3 is 5.97 Å². The molecule has 0 unspecified atom stereocenters. The highest BCUT2D eigenvalue weighted by molar-refractivity contribution is 6.74. The van der Waals surface area contributed by atoms with Crippen LogP contribution in [-0.2, 0) is 25.6 Å². The number of fused-ring (bicyclic) bond motifs is 1. The average Bonchev–Trinajstić information content (AvgIpc) is 3.10. The Bertz CT molecular complexity index is 819. The van der Waals surface area contributed by atoms with Crippen molar-refractivity contribution >= 4 is 14.3 Å². The predicted molar refractivity (Wildman–Crippen MR) is 124 cm³/mol. The second-order valence-electron chi connectivity index (χ2n) is 10.7. The van der Waals surface area contributed by atoms with Crippen LogP contribution in [0.5, 0.6) is 5.75 Å². The molecule has 2 aliphatic rings. The molecule has 2 fully saturated rings. The van der Waals surface area contributed by atoms with Crippen molar-refractivity contribution in [2.75, 3.05) is 0 Å². The SMILES string of the molecule is C/C=C1\[C@H](CC(=O)OCc2ccc(O[Si](C)(C)C(C)(C)C)cc2)C[C@H]2OC(C)(C)O[C@@H]12. The largest absolute Gasteiger partial charge is 0.544 e. The summed E-state index contributed by atoms with van der Waals surface area (Å²) in [6.07, 6.45) is 3.18. The van der Waals surface area contributed by atoms with E-state index in [2.05, 4.69) is 39.9 Å². The summed E-state index contributed by atoms with van der Waals surface area (Å²) in [7, 11) is -1.86. The first kappa shape index (κ1) is 24.0. The van der Waals surface area contributed by atoms with Gasteiger partial charge in [-0.15, -0.1) is 0 Å². The highest BCUT2D eigenvalue weighted by Gasteiger charge is 2.50. The van der Waals surface area contributed by atoms with E-state index in [1.54, 1.807) is 0 Å². The third-order valence-corrected chi connectivity index (χ3v) is 11.1. The monoisotopic (exact) mass is 446 g/mol. The predicted octanol–water partition coefficient (Wildman–Crippen LogP) is 5.99. The second-order valence-corrected chi connectivity index (χ2v) is 15.4. The van der Waals surface area contributed by atoms with E-state index in [9.17, 15) is 4.79 Å². The Morgan fingerprint density at radius 3 is 2.42 bits per heavy atom. The molecule has 1 saturated carbocycles. The lowest BCUT2D eigenvalue weighted by Crippen LogP contribution is -2.43. The van der Waals surface area contributed by atoms with Gasteiger partial charge in [-0.2, -0.15) is 0 Å². The van der Waals surface area contributed by atoms with Crippen molar-refractivity contribution in [3.63, 3.8) is 0 Å². The minimum atomic E-state index is -1.86. The molecule has 1 aliphatic carbocycles. The summed E-state index contributed by atoms with van der Waals surface area (Å²) in [5.41, 5.74) is 2.11. The van der Waals surface area contributed by atoms with Gasteiger partial charge in [0.05, 0.1) is 12.5 Å². The topological polar surface area (TPSA) is 54.0 Å². The van der Waals surface area contributed by atoms with Gasteiger partial charge in [-0.05, 0) is 74.5 Å². The first-order valence-electron chi connectivity index (χ1n) is 11.3. The summed E-state index contributed by atoms with van der Waals surface area (Å²) in [5, 5.41) is 0.150. The minimum Gasteiger partial charge on any atom is -0.544 e. The zero-order valence-corrected chi connectivity index (χ0v) is 21.3. The molecule has 1 heterocycles. The Hall–Kier alpha value is -1.63. The number of hydrogen-bond donors (Lipinski definition) is 0. The summed E-state index contributed by atoms with van der Waals surface area (Å²) in [5.74, 6) is 0.240. The quantitative estimate of drug-likeness (QED) is 0.305. The normalized spacial score (nSPS) is 26.7. The standard InChI is InChI=1S/C25H38O5Si/c1-9-20-18(14-21-23(20)29-25(5,6)28-21)15-22(26)27-16-17-10-12-19(13-11-17)30-31(7,8)24(2,3)4/h9-13,18,21,23H,14-16H2,1-8H3/b20-9+/t18-,21+,23-/m0/s1. The fourth-order valence-electron chi connectivity index (χ4n) is 4.07. The van der Waals surface area contributed by atoms with Crippen LogP contribution in [0, 0.1) is 5.92 Å². The zero-order chi connectivity index (χ0) is 23.0. The summed E-state index contributed by atoms with van der Waals surface area (Å²) in [4.78, 5) is 12.5. The number of benzene rings is 1. The van der Waals surface area contributed by atoms with Crippen molar-refractivity contribution in [2.45, 2.75) is 97.1 Å². The molecular weight excluding hydrogens is 408 g/mol. The van der Waals surface area contributed by atoms with Crippen LogP contribution in [0.2, 0.25) is 18.1 Å². The molecule has 1 saturated heterocycles. The average molecular weight is 447 g/mol. The summed E-state index contributed by atoms with van der Waals surface area (Å²) < 4.78 is 23.9. The van der Waals surface area contributed by atoms with Crippen LogP contribution >= 0.6 is 0 Å². The Morgan fingerprint density at radius 2 is 1.84 bits per heavy atom. The number of esters is 1. The number of rotatable bonds is 6. The molecule has 0 spiro atoms. The molecule has 172 valence electrons. The van der Waals surface area contributed by atoms with Gasteiger partial charge in [0, 0.05) is 0 Å². The van der Waals surface area contributed by atoms with E-state index in [4.69, 9.17) is 18.6 Å². The van der Waals surface area contributed by atoms with Crippen LogP contribution in [0.3, 0.4) is 0 Å². The van der Waals surface area contributed by atoms with Gasteiger partial charge < -0.3 is 18.6 Å². The highest BCUT2D eigenvalue weighted by Crippen LogP contribution is 2.45. The maximum atomic E-state index is 12.5. The van der Waals surface area contributed by atoms with Crippen LogP contribution in [0.25, 0.3) is 0 Å². The summed E-state index contributed by atoms with van der Waals surface area (Å²) in [6.45, 7) is 17.3. The first-order chi connectivity index (χ1) is 14.3. The molecule has 1 aromatic carbocycles. The van der Waals surface area contributed by atoms with Crippen LogP contribution in [0.1, 0.15) is 59.9 Å². The molecule has 3 atom stereocenters. The Kier molecular flexibility index (Phi) is 6.75. The van der Waals surface area contributed by atoms with Crippen LogP contribution in [-0.4, -0.2) is 32.3 Å². The summed E-state index contributed by atoms with van der Waals surface area (Å²) >= 11 is 0. The van der Waals surface area contributed by atoms with Gasteiger partial charge in [0.2, 0.25) is 8.32 Å². The molecule has 1 aliphatic heterocycles. The van der Waals surface area contributed by atoms with Crippen molar-refractivity contribution in [2.24, 2.45) is 5.92 Å². The third kappa shape index (κ3) is 5.60. The number of carbonyl (C=O) groups excluding carboxylic acids is 1. The van der Waals surface area contributed by atoms with E-state index >= 15 is 0 Å². The Morgan fingerprint density at radius 1 is 1.19 bits per heavy atom. The van der Waals surface area contributed by atoms with Crippen molar-refractivity contribution < 1.29 is 23.4 Å². The number of ether oxygens (including phenoxy) is 3. The van der Waals surface area contributed by atoms with E-state index in [0.29, 0.717) is 6.42 Å². The summed E-state index contributed by atoms with van der Waals surface area (Å²) in [6, 6.07) is 7.88. The van der Waals surface area contributed by atoms with E-state index in [-0.39, 0.29) is 35.7 Å². The molecule has 0 aromatic heterocycles. The number of hydrogen-bond acceptors (Lipinski definition) is 5. The van der Waals surface area contributed by atoms with E-state index in [1.165, 1.54) is 0 Å². The molecule has 31 heavy (non-hydrogen) atoms. The van der Waals surface area contributed by atoms with Crippen molar-refractivity contribution in [3.8, 4) is 5.75 Å². The van der Waals surface area contributed by atoms with Crippen LogP contribution in [0.15, 0.2) is 35.9 Å². The zero-order valence-electron chi connectivity index (χ0n) is 20.3. The molecule has 0 bridgehead atoms. The lowest BCUT2D eigenvalue weighted by Gasteiger charge is -2.36. The van der Waals surface area contributed by atoms with Gasteiger partial charge in [0.15, 0.2) is 5.79 Å². The maximum Gasteiger partial charge on any atom is 0.306 e. The number of allylic oxidation sites excluding steroid dienone is 1. The number of carbonyl (C=O) groups is 1. The van der Waals surface area contributed by atoms with Gasteiger partial charge in [0.25, 0.3) is 0 Å². The minimum absolute atomic E-state index is 0.0208. The fourth-order valence-corrected chi connectivity index (χ4v) is 5.10. The van der Waals surface area contributed by atoms with Crippen LogP contribution < -0.4 is 4.43 Å². The third-order valence-electron chi connectivity index (χ3n) is 6.75. The molecule has 0 amide bonds. The highest BCUT2D eigenvalue weighted by atomic mass is 28.4. The van der Waals surface area contributed by atoms with E-state index in [0.717, 1.165) is 23.3 Å². The molecule has 3 rings (SSSR count). The van der Waals surface area contributed by atoms with Gasteiger partial charge in [-0.1, -0.05) is 39.0 Å². The van der Waals surface area contributed by atoms with Crippen molar-refractivity contribution in [1.29, 1.82) is 0 Å². The molecule has 5 nitrogen and oxygen atoms in total. The van der Waals surface area contributed by atoms with Gasteiger partial charge in [-0.3, -0.25) is 4.79 Å². The first-order valence-corrected chi connectivity index (χ1v) is 14.2. The molecule has 6 heteroatoms. The van der Waals surface area contributed by atoms with E-state index < -0.39 is 14.1 Å². The lowest BCUT2D eigenvalue weighted by molar-refractivity contribution is -0.151. The molecule has 0 radical (unpaired) electrons. The van der Waals surface area contributed by atoms with Crippen molar-refractivity contribution in [3.05, 3.63) is 41.5 Å². The van der Waals surface area contributed by atoms with Gasteiger partial charge in [0.1, 0.15) is 18.5 Å². The lowest BCUT2D eigenvalue weighted by atomic mass is 9.98. The fraction of sp³-hybridized carbons (Fsp3) is 0.640. The molecular formula is C25H38O5Si. The maximum absolute atomic E-state index is 12.5. The Labute approximate surface area is 188 Å². The Balaban J connectivity index is 1.50.